The SMILES string of the molecule is CN(C)Cc1n[nH]nc1C#N. The Labute approximate surface area is 64.6 Å². The van der Waals surface area contributed by atoms with Gasteiger partial charge in [-0.05, 0) is 14.1 Å². The van der Waals surface area contributed by atoms with Crippen molar-refractivity contribution in [2.24, 2.45) is 0 Å². The van der Waals surface area contributed by atoms with Crippen molar-refractivity contribution in [1.82, 2.24) is 20.3 Å². The maximum Gasteiger partial charge on any atom is 0.186 e. The Morgan fingerprint density at radius 1 is 1.55 bits per heavy atom. The maximum atomic E-state index is 8.53. The van der Waals surface area contributed by atoms with Crippen molar-refractivity contribution >= 4 is 0 Å². The smallest absolute Gasteiger partial charge is 0.186 e. The number of H-pyrrole nitrogens is 1. The summed E-state index contributed by atoms with van der Waals surface area (Å²) < 4.78 is 0. The molecule has 58 valence electrons. The lowest BCUT2D eigenvalue weighted by molar-refractivity contribution is 0.396. The predicted molar refractivity (Wildman–Crippen MR) is 38.5 cm³/mol. The summed E-state index contributed by atoms with van der Waals surface area (Å²) in [6.45, 7) is 0.638. The third-order valence-corrected chi connectivity index (χ3v) is 1.19. The van der Waals surface area contributed by atoms with Gasteiger partial charge in [0.25, 0.3) is 0 Å². The van der Waals surface area contributed by atoms with Gasteiger partial charge in [0, 0.05) is 6.54 Å². The molecular formula is C6H9N5. The molecular weight excluding hydrogens is 142 g/mol. The second-order valence-corrected chi connectivity index (χ2v) is 2.47. The summed E-state index contributed by atoms with van der Waals surface area (Å²) in [4.78, 5) is 1.93. The lowest BCUT2D eigenvalue weighted by atomic mass is 10.3. The van der Waals surface area contributed by atoms with Crippen molar-refractivity contribution < 1.29 is 0 Å². The molecule has 0 spiro atoms. The van der Waals surface area contributed by atoms with Gasteiger partial charge in [-0.3, -0.25) is 0 Å². The Balaban J connectivity index is 2.79. The zero-order chi connectivity index (χ0) is 8.27. The van der Waals surface area contributed by atoms with Gasteiger partial charge in [0.15, 0.2) is 5.69 Å². The van der Waals surface area contributed by atoms with Crippen LogP contribution in [0.3, 0.4) is 0 Å². The highest BCUT2D eigenvalue weighted by Crippen LogP contribution is 2.00. The summed E-state index contributed by atoms with van der Waals surface area (Å²) in [7, 11) is 3.83. The lowest BCUT2D eigenvalue weighted by Crippen LogP contribution is -2.11. The van der Waals surface area contributed by atoms with Crippen molar-refractivity contribution in [3.05, 3.63) is 11.4 Å². The van der Waals surface area contributed by atoms with E-state index in [1.165, 1.54) is 0 Å². The van der Waals surface area contributed by atoms with Crippen molar-refractivity contribution in [2.75, 3.05) is 14.1 Å². The summed E-state index contributed by atoms with van der Waals surface area (Å²) in [5.41, 5.74) is 1.07. The fourth-order valence-electron chi connectivity index (χ4n) is 0.752. The topological polar surface area (TPSA) is 68.6 Å². The summed E-state index contributed by atoms with van der Waals surface area (Å²) in [6.07, 6.45) is 0. The molecule has 5 heteroatoms. The molecule has 0 aliphatic rings. The van der Waals surface area contributed by atoms with Crippen LogP contribution in [-0.4, -0.2) is 34.4 Å². The fourth-order valence-corrected chi connectivity index (χ4v) is 0.752. The Morgan fingerprint density at radius 3 is 2.82 bits per heavy atom. The van der Waals surface area contributed by atoms with E-state index < -0.39 is 0 Å². The van der Waals surface area contributed by atoms with Crippen molar-refractivity contribution in [1.29, 1.82) is 5.26 Å². The van der Waals surface area contributed by atoms with Crippen LogP contribution in [0.15, 0.2) is 0 Å². The van der Waals surface area contributed by atoms with Gasteiger partial charge in [0.2, 0.25) is 0 Å². The quantitative estimate of drug-likeness (QED) is 0.632. The second kappa shape index (κ2) is 3.12. The molecule has 1 aromatic heterocycles. The van der Waals surface area contributed by atoms with Gasteiger partial charge in [-0.2, -0.15) is 15.6 Å². The van der Waals surface area contributed by atoms with Crippen LogP contribution < -0.4 is 0 Å². The van der Waals surface area contributed by atoms with Gasteiger partial charge in [0.1, 0.15) is 11.8 Å². The largest absolute Gasteiger partial charge is 0.303 e. The van der Waals surface area contributed by atoms with E-state index in [2.05, 4.69) is 15.4 Å². The van der Waals surface area contributed by atoms with Crippen molar-refractivity contribution in [2.45, 2.75) is 6.54 Å². The predicted octanol–water partition coefficient (Wildman–Crippen LogP) is -0.262. The van der Waals surface area contributed by atoms with Gasteiger partial charge in [-0.1, -0.05) is 0 Å². The van der Waals surface area contributed by atoms with E-state index in [9.17, 15) is 0 Å². The molecule has 0 unspecified atom stereocenters. The fraction of sp³-hybridized carbons (Fsp3) is 0.500. The average Bonchev–Trinajstić information content (AvgIpc) is 2.34. The Morgan fingerprint density at radius 2 is 2.27 bits per heavy atom. The first-order valence-corrected chi connectivity index (χ1v) is 3.18. The Bertz CT molecular complexity index is 269. The minimum absolute atomic E-state index is 0.374. The summed E-state index contributed by atoms with van der Waals surface area (Å²) >= 11 is 0. The highest BCUT2D eigenvalue weighted by molar-refractivity contribution is 5.23. The van der Waals surface area contributed by atoms with Gasteiger partial charge < -0.3 is 4.90 Å². The number of nitrogens with one attached hydrogen (secondary N) is 1. The Kier molecular flexibility index (Phi) is 2.18. The molecule has 0 aromatic carbocycles. The molecule has 1 rings (SSSR count). The van der Waals surface area contributed by atoms with Gasteiger partial charge in [0.05, 0.1) is 0 Å². The molecule has 0 saturated heterocycles. The van der Waals surface area contributed by atoms with Gasteiger partial charge in [-0.15, -0.1) is 5.10 Å². The first kappa shape index (κ1) is 7.69. The van der Waals surface area contributed by atoms with Crippen LogP contribution in [0.5, 0.6) is 0 Å². The van der Waals surface area contributed by atoms with Crippen LogP contribution in [-0.2, 0) is 6.54 Å². The highest BCUT2D eigenvalue weighted by Gasteiger charge is 2.06. The molecule has 0 atom stereocenters. The van der Waals surface area contributed by atoms with E-state index in [0.717, 1.165) is 0 Å². The normalized spacial score (nSPS) is 10.0. The standard InChI is InChI=1S/C6H9N5/c1-11(2)4-6-5(3-7)8-10-9-6/h4H2,1-2H3,(H,8,9,10). The van der Waals surface area contributed by atoms with Crippen LogP contribution >= 0.6 is 0 Å². The molecule has 11 heavy (non-hydrogen) atoms. The number of nitrogens with zero attached hydrogens (tertiary/aromatic N) is 4. The summed E-state index contributed by atoms with van der Waals surface area (Å²) in [6, 6.07) is 1.95. The van der Waals surface area contributed by atoms with Crippen LogP contribution in [0.25, 0.3) is 0 Å². The summed E-state index contributed by atoms with van der Waals surface area (Å²) in [5, 5.41) is 18.4. The van der Waals surface area contributed by atoms with E-state index in [-0.39, 0.29) is 0 Å². The molecule has 1 aromatic rings. The van der Waals surface area contributed by atoms with Gasteiger partial charge >= 0.3 is 0 Å². The second-order valence-electron chi connectivity index (χ2n) is 2.47. The first-order valence-electron chi connectivity index (χ1n) is 3.18. The molecule has 0 bridgehead atoms. The number of nitriles is 1. The number of rotatable bonds is 2. The summed E-state index contributed by atoms with van der Waals surface area (Å²) in [5.74, 6) is 0. The molecule has 1 heterocycles. The zero-order valence-corrected chi connectivity index (χ0v) is 6.50. The van der Waals surface area contributed by atoms with E-state index in [1.54, 1.807) is 0 Å². The van der Waals surface area contributed by atoms with E-state index >= 15 is 0 Å². The molecule has 0 fully saturated rings. The van der Waals surface area contributed by atoms with Crippen molar-refractivity contribution in [3.8, 4) is 6.07 Å². The number of aromatic amines is 1. The van der Waals surface area contributed by atoms with E-state index in [4.69, 9.17) is 5.26 Å². The monoisotopic (exact) mass is 151 g/mol. The van der Waals surface area contributed by atoms with Crippen LogP contribution in [0.2, 0.25) is 0 Å². The molecule has 0 aliphatic heterocycles. The number of aromatic nitrogens is 3. The van der Waals surface area contributed by atoms with E-state index in [1.807, 2.05) is 25.1 Å². The highest BCUT2D eigenvalue weighted by atomic mass is 15.3. The van der Waals surface area contributed by atoms with Crippen LogP contribution in [0, 0.1) is 11.3 Å². The third kappa shape index (κ3) is 1.75. The molecule has 1 N–H and O–H groups in total. The minimum atomic E-state index is 0.374. The van der Waals surface area contributed by atoms with Crippen molar-refractivity contribution in [3.63, 3.8) is 0 Å². The number of hydrogen-bond donors (Lipinski definition) is 1. The average molecular weight is 151 g/mol. The van der Waals surface area contributed by atoms with Crippen LogP contribution in [0.1, 0.15) is 11.4 Å². The zero-order valence-electron chi connectivity index (χ0n) is 6.50. The third-order valence-electron chi connectivity index (χ3n) is 1.19. The molecule has 5 nitrogen and oxygen atoms in total. The first-order chi connectivity index (χ1) is 5.24. The number of hydrogen-bond acceptors (Lipinski definition) is 4. The molecule has 0 saturated carbocycles. The lowest BCUT2D eigenvalue weighted by Gasteiger charge is -2.04. The molecule has 0 amide bonds. The Hall–Kier alpha value is -1.41. The van der Waals surface area contributed by atoms with Gasteiger partial charge in [-0.25, -0.2) is 0 Å². The van der Waals surface area contributed by atoms with Crippen LogP contribution in [0.4, 0.5) is 0 Å². The molecule has 0 radical (unpaired) electrons. The molecule has 0 aliphatic carbocycles. The van der Waals surface area contributed by atoms with E-state index in [0.29, 0.717) is 17.9 Å². The maximum absolute atomic E-state index is 8.53. The minimum Gasteiger partial charge on any atom is -0.303 e.